The number of benzene rings is 2. The van der Waals surface area contributed by atoms with E-state index < -0.39 is 0 Å². The molecule has 1 amide bonds. The number of nitrogens with one attached hydrogen (secondary N) is 1. The van der Waals surface area contributed by atoms with Crippen molar-refractivity contribution in [2.75, 3.05) is 71.7 Å². The molecule has 0 aliphatic carbocycles. The molecule has 0 saturated carbocycles. The first-order chi connectivity index (χ1) is 21.1. The third kappa shape index (κ3) is 8.28. The number of methoxy groups -OCH3 is 2. The van der Waals surface area contributed by atoms with Crippen LogP contribution in [0, 0.1) is 0 Å². The largest absolute Gasteiger partial charge is 0.490 e. The minimum Gasteiger partial charge on any atom is -0.490 e. The van der Waals surface area contributed by atoms with Gasteiger partial charge in [0.05, 0.1) is 37.7 Å². The van der Waals surface area contributed by atoms with Gasteiger partial charge in [-0.2, -0.15) is 0 Å². The Balaban J connectivity index is 1.29. The van der Waals surface area contributed by atoms with Crippen LogP contribution in [0.3, 0.4) is 0 Å². The van der Waals surface area contributed by atoms with Crippen molar-refractivity contribution in [3.05, 3.63) is 59.2 Å². The fourth-order valence-corrected chi connectivity index (χ4v) is 6.59. The van der Waals surface area contributed by atoms with Crippen molar-refractivity contribution < 1.29 is 28.5 Å². The Morgan fingerprint density at radius 2 is 1.74 bits per heavy atom. The second kappa shape index (κ2) is 15.9. The fraction of sp³-hybridized carbons (Fsp3) is 0.618. The van der Waals surface area contributed by atoms with Gasteiger partial charge < -0.3 is 38.8 Å². The molecule has 0 spiro atoms. The highest BCUT2D eigenvalue weighted by atomic mass is 16.5. The summed E-state index contributed by atoms with van der Waals surface area (Å²) in [5.41, 5.74) is 4.49. The molecule has 3 aliphatic rings. The van der Waals surface area contributed by atoms with Gasteiger partial charge in [-0.15, -0.1) is 0 Å². The number of rotatable bonds is 13. The minimum absolute atomic E-state index is 0.0177. The zero-order chi connectivity index (χ0) is 30.0. The monoisotopic (exact) mass is 595 g/mol. The molecule has 2 aromatic rings. The fourth-order valence-electron chi connectivity index (χ4n) is 6.59. The number of anilines is 1. The van der Waals surface area contributed by atoms with E-state index in [-0.39, 0.29) is 36.7 Å². The molecule has 2 fully saturated rings. The molecule has 0 radical (unpaired) electrons. The van der Waals surface area contributed by atoms with Gasteiger partial charge in [0.25, 0.3) is 0 Å². The van der Waals surface area contributed by atoms with Crippen LogP contribution in [-0.4, -0.2) is 95.8 Å². The molecule has 1 N–H and O–H groups in total. The van der Waals surface area contributed by atoms with Crippen LogP contribution in [-0.2, 0) is 37.0 Å². The summed E-state index contributed by atoms with van der Waals surface area (Å²) < 4.78 is 29.6. The summed E-state index contributed by atoms with van der Waals surface area (Å²) >= 11 is 0. The van der Waals surface area contributed by atoms with E-state index >= 15 is 0 Å². The Morgan fingerprint density at radius 3 is 2.51 bits per heavy atom. The average Bonchev–Trinajstić information content (AvgIpc) is 3.03. The standard InChI is InChI=1S/C34H49N3O6/c1-25-7-4-5-15-37(25)33(38)24-43-32-21-35-20-31(34(32)28-11-8-26(9-12-28)22-40-3)42-23-27-10-13-30-29(19-27)36(16-18-41-30)14-6-17-39-2/h8-13,19,25,31-32,34-35H,4-7,14-18,20-24H2,1-3H3/t25-,31+,32-,34-/m1/s1. The van der Waals surface area contributed by atoms with Gasteiger partial charge in [-0.1, -0.05) is 30.3 Å². The number of amides is 1. The molecule has 0 bridgehead atoms. The first kappa shape index (κ1) is 31.7. The normalized spacial score (nSPS) is 24.0. The minimum atomic E-state index is -0.190. The molecule has 43 heavy (non-hydrogen) atoms. The Morgan fingerprint density at radius 1 is 0.953 bits per heavy atom. The summed E-state index contributed by atoms with van der Waals surface area (Å²) in [4.78, 5) is 17.5. The first-order valence-electron chi connectivity index (χ1n) is 15.9. The molecule has 2 saturated heterocycles. The molecule has 0 aromatic heterocycles. The number of piperidine rings is 2. The van der Waals surface area contributed by atoms with Gasteiger partial charge in [0, 0.05) is 59.0 Å². The van der Waals surface area contributed by atoms with Crippen LogP contribution in [0.25, 0.3) is 0 Å². The summed E-state index contributed by atoms with van der Waals surface area (Å²) in [5, 5.41) is 3.52. The van der Waals surface area contributed by atoms with Gasteiger partial charge in [-0.25, -0.2) is 0 Å². The van der Waals surface area contributed by atoms with Crippen molar-refractivity contribution >= 4 is 11.6 Å². The Hall–Kier alpha value is -2.69. The Bertz CT molecular complexity index is 1160. The maximum absolute atomic E-state index is 13.1. The van der Waals surface area contributed by atoms with Crippen LogP contribution >= 0.6 is 0 Å². The smallest absolute Gasteiger partial charge is 0.248 e. The lowest BCUT2D eigenvalue weighted by Gasteiger charge is -2.39. The van der Waals surface area contributed by atoms with Crippen molar-refractivity contribution in [3.8, 4) is 5.75 Å². The van der Waals surface area contributed by atoms with Crippen molar-refractivity contribution in [1.29, 1.82) is 0 Å². The lowest BCUT2D eigenvalue weighted by molar-refractivity contribution is -0.144. The number of likely N-dealkylation sites (tertiary alicyclic amines) is 1. The Labute approximate surface area is 256 Å². The number of hydrogen-bond donors (Lipinski definition) is 1. The zero-order valence-corrected chi connectivity index (χ0v) is 26.1. The summed E-state index contributed by atoms with van der Waals surface area (Å²) in [5.74, 6) is 0.980. The first-order valence-corrected chi connectivity index (χ1v) is 15.9. The summed E-state index contributed by atoms with van der Waals surface area (Å²) in [6.45, 7) is 8.68. The highest BCUT2D eigenvalue weighted by Gasteiger charge is 2.37. The van der Waals surface area contributed by atoms with Gasteiger partial charge in [0.2, 0.25) is 5.91 Å². The number of carbonyl (C=O) groups is 1. The third-order valence-corrected chi connectivity index (χ3v) is 8.94. The molecule has 4 atom stereocenters. The highest BCUT2D eigenvalue weighted by molar-refractivity contribution is 5.77. The van der Waals surface area contributed by atoms with E-state index in [1.807, 2.05) is 4.90 Å². The van der Waals surface area contributed by atoms with Crippen LogP contribution < -0.4 is 15.0 Å². The number of carbonyl (C=O) groups excluding carboxylic acids is 1. The number of ether oxygens (including phenoxy) is 5. The van der Waals surface area contributed by atoms with Crippen molar-refractivity contribution in [2.24, 2.45) is 0 Å². The number of fused-ring (bicyclic) bond motifs is 1. The van der Waals surface area contributed by atoms with Crippen LogP contribution in [0.1, 0.15) is 55.2 Å². The third-order valence-electron chi connectivity index (χ3n) is 8.94. The molecule has 3 aliphatic heterocycles. The molecular weight excluding hydrogens is 546 g/mol. The molecule has 5 rings (SSSR count). The molecule has 236 valence electrons. The quantitative estimate of drug-likeness (QED) is 0.347. The molecular formula is C34H49N3O6. The second-order valence-electron chi connectivity index (χ2n) is 12.0. The Kier molecular flexibility index (Phi) is 11.7. The second-order valence-corrected chi connectivity index (χ2v) is 12.0. The van der Waals surface area contributed by atoms with Crippen molar-refractivity contribution in [2.45, 2.75) is 70.0 Å². The molecule has 9 nitrogen and oxygen atoms in total. The molecule has 0 unspecified atom stereocenters. The average molecular weight is 596 g/mol. The van der Waals surface area contributed by atoms with E-state index in [1.165, 1.54) is 6.42 Å². The van der Waals surface area contributed by atoms with Gasteiger partial charge in [0.15, 0.2) is 0 Å². The summed E-state index contributed by atoms with van der Waals surface area (Å²) in [6, 6.07) is 15.1. The summed E-state index contributed by atoms with van der Waals surface area (Å²) in [6.07, 6.45) is 3.96. The van der Waals surface area contributed by atoms with Gasteiger partial charge >= 0.3 is 0 Å². The van der Waals surface area contributed by atoms with Crippen molar-refractivity contribution in [3.63, 3.8) is 0 Å². The molecule has 9 heteroatoms. The SMILES string of the molecule is COCCCN1CCOc2ccc(CO[C@H]3CNC[C@@H](OCC(=O)N4CCCC[C@H]4C)[C@@H]3c3ccc(COC)cc3)cc21. The molecule has 2 aromatic carbocycles. The van der Waals surface area contributed by atoms with Crippen LogP contribution in [0.15, 0.2) is 42.5 Å². The van der Waals surface area contributed by atoms with E-state index in [0.29, 0.717) is 32.9 Å². The summed E-state index contributed by atoms with van der Waals surface area (Å²) in [7, 11) is 3.45. The van der Waals surface area contributed by atoms with E-state index in [2.05, 4.69) is 59.6 Å². The highest BCUT2D eigenvalue weighted by Crippen LogP contribution is 2.35. The zero-order valence-electron chi connectivity index (χ0n) is 26.1. The number of nitrogens with zero attached hydrogens (tertiary/aromatic N) is 2. The van der Waals surface area contributed by atoms with Gasteiger partial charge in [0.1, 0.15) is 19.0 Å². The van der Waals surface area contributed by atoms with Crippen LogP contribution in [0.4, 0.5) is 5.69 Å². The predicted molar refractivity (Wildman–Crippen MR) is 167 cm³/mol. The van der Waals surface area contributed by atoms with E-state index in [0.717, 1.165) is 73.6 Å². The topological polar surface area (TPSA) is 81.7 Å². The van der Waals surface area contributed by atoms with Gasteiger partial charge in [-0.3, -0.25) is 4.79 Å². The van der Waals surface area contributed by atoms with Gasteiger partial charge in [-0.05, 0) is 61.4 Å². The number of hydrogen-bond acceptors (Lipinski definition) is 8. The lowest BCUT2D eigenvalue weighted by Crippen LogP contribution is -2.52. The lowest BCUT2D eigenvalue weighted by atomic mass is 9.85. The predicted octanol–water partition coefficient (Wildman–Crippen LogP) is 4.13. The van der Waals surface area contributed by atoms with E-state index in [4.69, 9.17) is 23.7 Å². The maximum Gasteiger partial charge on any atom is 0.248 e. The van der Waals surface area contributed by atoms with Crippen LogP contribution in [0.2, 0.25) is 0 Å². The maximum atomic E-state index is 13.1. The van der Waals surface area contributed by atoms with E-state index in [9.17, 15) is 4.79 Å². The van der Waals surface area contributed by atoms with Crippen molar-refractivity contribution in [1.82, 2.24) is 10.2 Å². The molecule has 3 heterocycles. The van der Waals surface area contributed by atoms with Crippen LogP contribution in [0.5, 0.6) is 5.75 Å². The van der Waals surface area contributed by atoms with E-state index in [1.54, 1.807) is 14.2 Å².